The van der Waals surface area contributed by atoms with E-state index in [0.29, 0.717) is 31.0 Å². The molecule has 2 aliphatic rings. The van der Waals surface area contributed by atoms with Gasteiger partial charge in [0.2, 0.25) is 5.91 Å². The van der Waals surface area contributed by atoms with Crippen molar-refractivity contribution in [2.45, 2.75) is 17.7 Å². The van der Waals surface area contributed by atoms with Crippen LogP contribution in [0.25, 0.3) is 0 Å². The second kappa shape index (κ2) is 4.00. The lowest BCUT2D eigenvalue weighted by Gasteiger charge is -2.32. The van der Waals surface area contributed by atoms with Crippen molar-refractivity contribution < 1.29 is 13.9 Å². The molecule has 1 saturated carbocycles. The van der Waals surface area contributed by atoms with Gasteiger partial charge in [-0.05, 0) is 25.5 Å². The van der Waals surface area contributed by atoms with E-state index >= 15 is 0 Å². The van der Waals surface area contributed by atoms with Crippen molar-refractivity contribution in [1.29, 1.82) is 0 Å². The molecule has 3 nitrogen and oxygen atoms in total. The largest absolute Gasteiger partial charge is 0.489 e. The molecule has 1 atom stereocenters. The lowest BCUT2D eigenvalue weighted by Crippen LogP contribution is -2.43. The van der Waals surface area contributed by atoms with Crippen molar-refractivity contribution in [1.82, 2.24) is 0 Å². The Morgan fingerprint density at radius 2 is 2.16 bits per heavy atom. The fraction of sp³-hybridized carbons (Fsp3) is 0.462. The van der Waals surface area contributed by atoms with Gasteiger partial charge in [0.05, 0.1) is 17.6 Å². The molecule has 1 heterocycles. The molecule has 1 aromatic rings. The predicted molar refractivity (Wildman–Crippen MR) is 71.4 cm³/mol. The third kappa shape index (κ3) is 1.89. The van der Waals surface area contributed by atoms with E-state index in [0.717, 1.165) is 0 Å². The Bertz CT molecular complexity index is 564. The number of rotatable bonds is 1. The molecule has 0 spiro atoms. The predicted octanol–water partition coefficient (Wildman–Crippen LogP) is 3.14. The van der Waals surface area contributed by atoms with Crippen molar-refractivity contribution >= 4 is 34.8 Å². The Labute approximate surface area is 120 Å². The van der Waals surface area contributed by atoms with Gasteiger partial charge >= 0.3 is 0 Å². The molecule has 3 rings (SSSR count). The van der Waals surface area contributed by atoms with Crippen molar-refractivity contribution in [2.75, 3.05) is 18.1 Å². The second-order valence-corrected chi connectivity index (χ2v) is 6.61. The molecular weight excluding hydrogens is 292 g/mol. The molecular formula is C13H12Cl2FNO2. The van der Waals surface area contributed by atoms with Gasteiger partial charge in [-0.15, -0.1) is 23.2 Å². The van der Waals surface area contributed by atoms with E-state index in [1.165, 1.54) is 18.2 Å². The Morgan fingerprint density at radius 1 is 1.47 bits per heavy atom. The molecule has 0 saturated heterocycles. The van der Waals surface area contributed by atoms with Crippen LogP contribution in [-0.2, 0) is 4.79 Å². The zero-order valence-electron chi connectivity index (χ0n) is 10.3. The molecule has 1 unspecified atom stereocenters. The van der Waals surface area contributed by atoms with Crippen LogP contribution >= 0.6 is 23.2 Å². The SMILES string of the molecule is CC1(C(=O)N2CCOc3cc(F)ccc32)CC1(Cl)Cl. The van der Waals surface area contributed by atoms with E-state index < -0.39 is 15.6 Å². The van der Waals surface area contributed by atoms with Crippen LogP contribution in [0.3, 0.4) is 0 Å². The van der Waals surface area contributed by atoms with E-state index in [1.54, 1.807) is 11.8 Å². The van der Waals surface area contributed by atoms with Crippen LogP contribution in [0.15, 0.2) is 18.2 Å². The minimum Gasteiger partial charge on any atom is -0.489 e. The summed E-state index contributed by atoms with van der Waals surface area (Å²) in [6.07, 6.45) is 0.426. The van der Waals surface area contributed by atoms with Crippen LogP contribution in [0.4, 0.5) is 10.1 Å². The number of halogens is 3. The fourth-order valence-electron chi connectivity index (χ4n) is 2.33. The van der Waals surface area contributed by atoms with Crippen molar-refractivity contribution in [3.63, 3.8) is 0 Å². The molecule has 0 N–H and O–H groups in total. The van der Waals surface area contributed by atoms with E-state index in [9.17, 15) is 9.18 Å². The number of anilines is 1. The Hall–Kier alpha value is -1.00. The van der Waals surface area contributed by atoms with E-state index in [1.807, 2.05) is 0 Å². The van der Waals surface area contributed by atoms with Gasteiger partial charge in [0.25, 0.3) is 0 Å². The Balaban J connectivity index is 1.95. The van der Waals surface area contributed by atoms with Crippen LogP contribution in [0.2, 0.25) is 0 Å². The summed E-state index contributed by atoms with van der Waals surface area (Å²) >= 11 is 12.1. The molecule has 1 aromatic carbocycles. The topological polar surface area (TPSA) is 29.5 Å². The highest BCUT2D eigenvalue weighted by atomic mass is 35.5. The summed E-state index contributed by atoms with van der Waals surface area (Å²) in [5.41, 5.74) is -0.214. The monoisotopic (exact) mass is 303 g/mol. The van der Waals surface area contributed by atoms with E-state index in [-0.39, 0.29) is 5.91 Å². The minimum atomic E-state index is -1.01. The zero-order valence-corrected chi connectivity index (χ0v) is 11.8. The van der Waals surface area contributed by atoms with Gasteiger partial charge in [-0.2, -0.15) is 0 Å². The van der Waals surface area contributed by atoms with Crippen molar-refractivity contribution in [2.24, 2.45) is 5.41 Å². The molecule has 102 valence electrons. The van der Waals surface area contributed by atoms with Gasteiger partial charge in [-0.25, -0.2) is 4.39 Å². The van der Waals surface area contributed by atoms with E-state index in [4.69, 9.17) is 27.9 Å². The molecule has 1 fully saturated rings. The Kier molecular flexibility index (Phi) is 2.74. The van der Waals surface area contributed by atoms with Crippen LogP contribution in [-0.4, -0.2) is 23.4 Å². The summed E-state index contributed by atoms with van der Waals surface area (Å²) < 4.78 is 17.5. The van der Waals surface area contributed by atoms with Crippen molar-refractivity contribution in [3.8, 4) is 5.75 Å². The summed E-state index contributed by atoms with van der Waals surface area (Å²) in [6.45, 7) is 2.49. The minimum absolute atomic E-state index is 0.145. The summed E-state index contributed by atoms with van der Waals surface area (Å²) in [7, 11) is 0. The number of amides is 1. The van der Waals surface area contributed by atoms with Crippen LogP contribution in [0.5, 0.6) is 5.75 Å². The molecule has 1 amide bonds. The third-order valence-corrected chi connectivity index (χ3v) is 4.86. The summed E-state index contributed by atoms with van der Waals surface area (Å²) in [5.74, 6) is -0.165. The fourth-order valence-corrected chi connectivity index (χ4v) is 3.03. The average Bonchev–Trinajstić information content (AvgIpc) is 2.88. The number of hydrogen-bond acceptors (Lipinski definition) is 2. The molecule has 19 heavy (non-hydrogen) atoms. The van der Waals surface area contributed by atoms with Gasteiger partial charge in [-0.3, -0.25) is 4.79 Å². The quantitative estimate of drug-likeness (QED) is 0.746. The zero-order chi connectivity index (χ0) is 13.8. The number of carbonyl (C=O) groups excluding carboxylic acids is 1. The number of carbonyl (C=O) groups is 1. The van der Waals surface area contributed by atoms with Gasteiger partial charge in [0.15, 0.2) is 0 Å². The normalized spacial score (nSPS) is 27.5. The lowest BCUT2D eigenvalue weighted by atomic mass is 10.1. The molecule has 1 aliphatic carbocycles. The second-order valence-electron chi connectivity index (χ2n) is 5.13. The number of ether oxygens (including phenoxy) is 1. The third-order valence-electron chi connectivity index (χ3n) is 3.76. The van der Waals surface area contributed by atoms with Gasteiger partial charge in [0, 0.05) is 6.07 Å². The highest BCUT2D eigenvalue weighted by molar-refractivity contribution is 6.53. The average molecular weight is 304 g/mol. The highest BCUT2D eigenvalue weighted by Crippen LogP contribution is 2.64. The van der Waals surface area contributed by atoms with Crippen LogP contribution < -0.4 is 9.64 Å². The molecule has 6 heteroatoms. The smallest absolute Gasteiger partial charge is 0.236 e. The number of alkyl halides is 2. The van der Waals surface area contributed by atoms with Gasteiger partial charge < -0.3 is 9.64 Å². The van der Waals surface area contributed by atoms with E-state index in [2.05, 4.69) is 0 Å². The molecule has 0 radical (unpaired) electrons. The number of benzene rings is 1. The first kappa shape index (κ1) is 13.0. The maximum absolute atomic E-state index is 13.2. The highest BCUT2D eigenvalue weighted by Gasteiger charge is 2.69. The maximum atomic E-state index is 13.2. The molecule has 0 aromatic heterocycles. The maximum Gasteiger partial charge on any atom is 0.236 e. The standard InChI is InChI=1S/C13H12Cl2FNO2/c1-12(7-13(12,14)15)11(18)17-4-5-19-10-6-8(16)2-3-9(10)17/h2-3,6H,4-5,7H2,1H3. The van der Waals surface area contributed by atoms with Gasteiger partial charge in [0.1, 0.15) is 22.5 Å². The molecule has 1 aliphatic heterocycles. The first-order valence-corrected chi connectivity index (χ1v) is 6.73. The summed E-state index contributed by atoms with van der Waals surface area (Å²) in [4.78, 5) is 14.1. The van der Waals surface area contributed by atoms with Crippen LogP contribution in [0, 0.1) is 11.2 Å². The summed E-state index contributed by atoms with van der Waals surface area (Å²) in [6, 6.07) is 4.12. The van der Waals surface area contributed by atoms with Crippen molar-refractivity contribution in [3.05, 3.63) is 24.0 Å². The summed E-state index contributed by atoms with van der Waals surface area (Å²) in [5, 5.41) is 0. The van der Waals surface area contributed by atoms with Crippen LogP contribution in [0.1, 0.15) is 13.3 Å². The number of hydrogen-bond donors (Lipinski definition) is 0. The molecule has 0 bridgehead atoms. The first-order valence-electron chi connectivity index (χ1n) is 5.97. The van der Waals surface area contributed by atoms with Gasteiger partial charge in [-0.1, -0.05) is 0 Å². The Morgan fingerprint density at radius 3 is 2.79 bits per heavy atom. The number of nitrogens with zero attached hydrogens (tertiary/aromatic N) is 1. The number of fused-ring (bicyclic) bond motifs is 1. The first-order chi connectivity index (χ1) is 8.85. The lowest BCUT2D eigenvalue weighted by molar-refractivity contribution is -0.123.